The third-order valence-electron chi connectivity index (χ3n) is 2.26. The van der Waals surface area contributed by atoms with E-state index >= 15 is 0 Å². The van der Waals surface area contributed by atoms with E-state index in [-0.39, 0.29) is 30.1 Å². The number of amides is 3. The van der Waals surface area contributed by atoms with E-state index in [1.807, 2.05) is 13.8 Å². The molecule has 1 aliphatic rings. The Kier molecular flexibility index (Phi) is 2.88. The summed E-state index contributed by atoms with van der Waals surface area (Å²) in [6.07, 6.45) is 0.191. The number of hydrogen-bond acceptors (Lipinski definition) is 3. The van der Waals surface area contributed by atoms with Crippen LogP contribution < -0.4 is 5.43 Å². The van der Waals surface area contributed by atoms with Crippen LogP contribution in [0.3, 0.4) is 0 Å². The molecule has 1 N–H and O–H groups in total. The van der Waals surface area contributed by atoms with Crippen LogP contribution in [0.5, 0.6) is 0 Å². The highest BCUT2D eigenvalue weighted by Crippen LogP contribution is 2.24. The van der Waals surface area contributed by atoms with Crippen LogP contribution in [0.25, 0.3) is 0 Å². The molecule has 0 spiro atoms. The molecule has 0 aliphatic carbocycles. The standard InChI is InChI=1S/C9H14N2O3/c1-5(2)7-4-8(13)11(9(7)14)10-6(3)12/h5,7H,4H2,1-3H3,(H,10,12). The monoisotopic (exact) mass is 198 g/mol. The van der Waals surface area contributed by atoms with Gasteiger partial charge in [-0.3, -0.25) is 19.8 Å². The molecule has 1 aliphatic heterocycles. The van der Waals surface area contributed by atoms with Gasteiger partial charge in [0.1, 0.15) is 0 Å². The van der Waals surface area contributed by atoms with Gasteiger partial charge in [0.15, 0.2) is 0 Å². The van der Waals surface area contributed by atoms with Crippen LogP contribution in [0.1, 0.15) is 27.2 Å². The number of imide groups is 1. The lowest BCUT2D eigenvalue weighted by Crippen LogP contribution is -2.45. The lowest BCUT2D eigenvalue weighted by molar-refractivity contribution is -0.148. The van der Waals surface area contributed by atoms with Crippen molar-refractivity contribution in [3.63, 3.8) is 0 Å². The molecule has 1 fully saturated rings. The SMILES string of the molecule is CC(=O)NN1C(=O)CC(C(C)C)C1=O. The normalized spacial score (nSPS) is 22.0. The van der Waals surface area contributed by atoms with Crippen molar-refractivity contribution in [1.82, 2.24) is 10.4 Å². The number of rotatable bonds is 2. The average molecular weight is 198 g/mol. The maximum Gasteiger partial charge on any atom is 0.252 e. The quantitative estimate of drug-likeness (QED) is 0.638. The van der Waals surface area contributed by atoms with Crippen molar-refractivity contribution in [3.05, 3.63) is 0 Å². The highest BCUT2D eigenvalue weighted by molar-refractivity contribution is 6.04. The molecule has 0 aromatic heterocycles. The minimum absolute atomic E-state index is 0.116. The summed E-state index contributed by atoms with van der Waals surface area (Å²) < 4.78 is 0. The second kappa shape index (κ2) is 3.77. The second-order valence-corrected chi connectivity index (χ2v) is 3.79. The molecule has 5 nitrogen and oxygen atoms in total. The van der Waals surface area contributed by atoms with Crippen LogP contribution in [0, 0.1) is 11.8 Å². The Balaban J connectivity index is 2.75. The summed E-state index contributed by atoms with van der Waals surface area (Å²) in [6, 6.07) is 0. The Morgan fingerprint density at radius 1 is 1.50 bits per heavy atom. The van der Waals surface area contributed by atoms with Crippen LogP contribution in [0.15, 0.2) is 0 Å². The molecule has 0 aromatic carbocycles. The topological polar surface area (TPSA) is 66.5 Å². The minimum atomic E-state index is -0.406. The summed E-state index contributed by atoms with van der Waals surface area (Å²) in [7, 11) is 0. The maximum atomic E-state index is 11.6. The molecule has 1 heterocycles. The van der Waals surface area contributed by atoms with Crippen LogP contribution in [-0.4, -0.2) is 22.7 Å². The van der Waals surface area contributed by atoms with Crippen molar-refractivity contribution in [1.29, 1.82) is 0 Å². The third-order valence-corrected chi connectivity index (χ3v) is 2.26. The van der Waals surface area contributed by atoms with E-state index < -0.39 is 5.91 Å². The smallest absolute Gasteiger partial charge is 0.252 e. The first-order chi connectivity index (χ1) is 6.43. The largest absolute Gasteiger partial charge is 0.274 e. The summed E-state index contributed by atoms with van der Waals surface area (Å²) in [4.78, 5) is 33.6. The molecule has 14 heavy (non-hydrogen) atoms. The van der Waals surface area contributed by atoms with Crippen LogP contribution >= 0.6 is 0 Å². The van der Waals surface area contributed by atoms with Crippen molar-refractivity contribution in [3.8, 4) is 0 Å². The Morgan fingerprint density at radius 2 is 2.07 bits per heavy atom. The molecule has 78 valence electrons. The molecule has 0 bridgehead atoms. The predicted octanol–water partition coefficient (Wildman–Crippen LogP) is 0.0686. The summed E-state index contributed by atoms with van der Waals surface area (Å²) in [5, 5.41) is 0.826. The fraction of sp³-hybridized carbons (Fsp3) is 0.667. The van der Waals surface area contributed by atoms with E-state index in [0.29, 0.717) is 0 Å². The highest BCUT2D eigenvalue weighted by Gasteiger charge is 2.40. The Morgan fingerprint density at radius 3 is 2.43 bits per heavy atom. The van der Waals surface area contributed by atoms with Gasteiger partial charge in [0, 0.05) is 13.3 Å². The van der Waals surface area contributed by atoms with Gasteiger partial charge in [-0.2, -0.15) is 5.01 Å². The zero-order valence-electron chi connectivity index (χ0n) is 8.53. The van der Waals surface area contributed by atoms with Gasteiger partial charge in [-0.05, 0) is 5.92 Å². The molecule has 5 heteroatoms. The van der Waals surface area contributed by atoms with Gasteiger partial charge in [-0.1, -0.05) is 13.8 Å². The Bertz CT molecular complexity index is 286. The fourth-order valence-corrected chi connectivity index (χ4v) is 1.45. The molecule has 0 saturated carbocycles. The molecule has 1 unspecified atom stereocenters. The van der Waals surface area contributed by atoms with Crippen LogP contribution in [0.2, 0.25) is 0 Å². The lowest BCUT2D eigenvalue weighted by Gasteiger charge is -2.15. The van der Waals surface area contributed by atoms with Gasteiger partial charge in [-0.25, -0.2) is 0 Å². The molecule has 0 aromatic rings. The Labute approximate surface area is 82.4 Å². The summed E-state index contributed by atoms with van der Waals surface area (Å²) in [5.74, 6) is -1.22. The summed E-state index contributed by atoms with van der Waals surface area (Å²) in [6.45, 7) is 5.03. The number of hydrogen-bond donors (Lipinski definition) is 1. The molecule has 3 amide bonds. The second-order valence-electron chi connectivity index (χ2n) is 3.79. The number of nitrogens with zero attached hydrogens (tertiary/aromatic N) is 1. The third kappa shape index (κ3) is 1.92. The van der Waals surface area contributed by atoms with Gasteiger partial charge in [0.2, 0.25) is 11.8 Å². The zero-order chi connectivity index (χ0) is 10.9. The van der Waals surface area contributed by atoms with Crippen molar-refractivity contribution >= 4 is 17.7 Å². The lowest BCUT2D eigenvalue weighted by atomic mass is 9.95. The van der Waals surface area contributed by atoms with Gasteiger partial charge in [0.05, 0.1) is 5.92 Å². The first kappa shape index (κ1) is 10.7. The van der Waals surface area contributed by atoms with E-state index in [4.69, 9.17) is 0 Å². The van der Waals surface area contributed by atoms with E-state index in [0.717, 1.165) is 5.01 Å². The van der Waals surface area contributed by atoms with Gasteiger partial charge >= 0.3 is 0 Å². The Hall–Kier alpha value is -1.39. The average Bonchev–Trinajstić information content (AvgIpc) is 2.31. The number of carbonyl (C=O) groups is 3. The highest BCUT2D eigenvalue weighted by atomic mass is 16.2. The molecule has 1 saturated heterocycles. The van der Waals surface area contributed by atoms with Crippen LogP contribution in [0.4, 0.5) is 0 Å². The number of hydrazine groups is 1. The van der Waals surface area contributed by atoms with Crippen molar-refractivity contribution in [2.45, 2.75) is 27.2 Å². The van der Waals surface area contributed by atoms with E-state index in [1.54, 1.807) is 0 Å². The van der Waals surface area contributed by atoms with E-state index in [1.165, 1.54) is 6.92 Å². The number of carbonyl (C=O) groups excluding carboxylic acids is 3. The summed E-state index contributed by atoms with van der Waals surface area (Å²) in [5.41, 5.74) is 2.22. The van der Waals surface area contributed by atoms with Gasteiger partial charge in [-0.15, -0.1) is 0 Å². The van der Waals surface area contributed by atoms with Gasteiger partial charge < -0.3 is 0 Å². The van der Waals surface area contributed by atoms with Gasteiger partial charge in [0.25, 0.3) is 5.91 Å². The molecule has 1 rings (SSSR count). The first-order valence-electron chi connectivity index (χ1n) is 4.57. The molecular formula is C9H14N2O3. The minimum Gasteiger partial charge on any atom is -0.274 e. The zero-order valence-corrected chi connectivity index (χ0v) is 8.53. The number of nitrogens with one attached hydrogen (secondary N) is 1. The molecule has 1 atom stereocenters. The maximum absolute atomic E-state index is 11.6. The van der Waals surface area contributed by atoms with Crippen molar-refractivity contribution in [2.24, 2.45) is 11.8 Å². The predicted molar refractivity (Wildman–Crippen MR) is 48.6 cm³/mol. The van der Waals surface area contributed by atoms with E-state index in [9.17, 15) is 14.4 Å². The van der Waals surface area contributed by atoms with E-state index in [2.05, 4.69) is 5.43 Å². The van der Waals surface area contributed by atoms with Crippen molar-refractivity contribution < 1.29 is 14.4 Å². The summed E-state index contributed by atoms with van der Waals surface area (Å²) >= 11 is 0. The first-order valence-corrected chi connectivity index (χ1v) is 4.57. The van der Waals surface area contributed by atoms with Crippen molar-refractivity contribution in [2.75, 3.05) is 0 Å². The van der Waals surface area contributed by atoms with Crippen LogP contribution in [-0.2, 0) is 14.4 Å². The molecular weight excluding hydrogens is 184 g/mol. The fourth-order valence-electron chi connectivity index (χ4n) is 1.45. The molecule has 0 radical (unpaired) electrons.